The lowest BCUT2D eigenvalue weighted by molar-refractivity contribution is 0.218. The lowest BCUT2D eigenvalue weighted by atomic mass is 10.1. The molecule has 0 aliphatic carbocycles. The average Bonchev–Trinajstić information content (AvgIpc) is 2.36. The van der Waals surface area contributed by atoms with Crippen molar-refractivity contribution in [2.45, 2.75) is 31.3 Å². The first-order valence-corrected chi connectivity index (χ1v) is 7.07. The lowest BCUT2D eigenvalue weighted by Crippen LogP contribution is -2.19. The molecular formula is C13H22N2OS. The van der Waals surface area contributed by atoms with E-state index in [0.717, 1.165) is 30.4 Å². The van der Waals surface area contributed by atoms with E-state index in [4.69, 9.17) is 4.74 Å². The zero-order valence-corrected chi connectivity index (χ0v) is 11.7. The van der Waals surface area contributed by atoms with Crippen molar-refractivity contribution < 1.29 is 4.74 Å². The number of thioether (sulfide) groups is 1. The van der Waals surface area contributed by atoms with E-state index in [0.29, 0.717) is 6.04 Å². The number of ether oxygens (including phenoxy) is 1. The average molecular weight is 254 g/mol. The fourth-order valence-corrected chi connectivity index (χ4v) is 2.30. The molecule has 0 aliphatic heterocycles. The molecule has 1 aromatic heterocycles. The van der Waals surface area contributed by atoms with Crippen molar-refractivity contribution in [1.82, 2.24) is 10.3 Å². The summed E-state index contributed by atoms with van der Waals surface area (Å²) >= 11 is 1.74. The number of hydrogen-bond donors (Lipinski definition) is 1. The van der Waals surface area contributed by atoms with Crippen LogP contribution in [0.4, 0.5) is 0 Å². The van der Waals surface area contributed by atoms with Gasteiger partial charge in [0.2, 0.25) is 0 Å². The quantitative estimate of drug-likeness (QED) is 0.571. The third-order valence-electron chi connectivity index (χ3n) is 2.50. The Labute approximate surface area is 108 Å². The summed E-state index contributed by atoms with van der Waals surface area (Å²) in [5.41, 5.74) is 1.30. The Morgan fingerprint density at radius 3 is 3.06 bits per heavy atom. The fraction of sp³-hybridized carbons (Fsp3) is 0.615. The Hall–Kier alpha value is -0.580. The van der Waals surface area contributed by atoms with E-state index in [1.54, 1.807) is 18.9 Å². The summed E-state index contributed by atoms with van der Waals surface area (Å²) in [7, 11) is 1.72. The Balaban J connectivity index is 2.52. The minimum atomic E-state index is 0.389. The second-order valence-electron chi connectivity index (χ2n) is 3.94. The highest BCUT2D eigenvalue weighted by Gasteiger charge is 2.05. The molecule has 3 nitrogen and oxygen atoms in total. The van der Waals surface area contributed by atoms with Gasteiger partial charge in [0.05, 0.1) is 11.6 Å². The maximum atomic E-state index is 5.03. The first-order chi connectivity index (χ1) is 8.27. The van der Waals surface area contributed by atoms with Crippen molar-refractivity contribution in [3.63, 3.8) is 0 Å². The summed E-state index contributed by atoms with van der Waals surface area (Å²) in [5, 5.41) is 4.56. The van der Waals surface area contributed by atoms with Gasteiger partial charge in [-0.25, -0.2) is 4.98 Å². The summed E-state index contributed by atoms with van der Waals surface area (Å²) in [5.74, 6) is 0.948. The van der Waals surface area contributed by atoms with Crippen LogP contribution in [0.25, 0.3) is 0 Å². The molecule has 4 heteroatoms. The fourth-order valence-electron chi connectivity index (χ4n) is 1.48. The molecule has 1 aromatic rings. The Bertz CT molecular complexity index is 320. The minimum Gasteiger partial charge on any atom is -0.384 e. The van der Waals surface area contributed by atoms with Crippen molar-refractivity contribution >= 4 is 11.8 Å². The highest BCUT2D eigenvalue weighted by atomic mass is 32.2. The van der Waals surface area contributed by atoms with Crippen LogP contribution in [0.3, 0.4) is 0 Å². The van der Waals surface area contributed by atoms with Gasteiger partial charge in [-0.1, -0.05) is 6.92 Å². The number of hydrogen-bond acceptors (Lipinski definition) is 4. The molecule has 1 atom stereocenters. The van der Waals surface area contributed by atoms with Crippen molar-refractivity contribution in [2.24, 2.45) is 0 Å². The van der Waals surface area contributed by atoms with Crippen LogP contribution >= 0.6 is 11.8 Å². The maximum Gasteiger partial charge on any atom is 0.0963 e. The van der Waals surface area contributed by atoms with Gasteiger partial charge in [0.1, 0.15) is 0 Å². The van der Waals surface area contributed by atoms with Gasteiger partial charge < -0.3 is 10.1 Å². The van der Waals surface area contributed by atoms with Crippen LogP contribution in [-0.4, -0.2) is 31.0 Å². The Morgan fingerprint density at radius 1 is 1.53 bits per heavy atom. The molecule has 0 fully saturated rings. The second-order valence-corrected chi connectivity index (χ2v) is 5.06. The van der Waals surface area contributed by atoms with Gasteiger partial charge >= 0.3 is 0 Å². The molecule has 1 heterocycles. The van der Waals surface area contributed by atoms with E-state index in [2.05, 4.69) is 36.3 Å². The first-order valence-electron chi connectivity index (χ1n) is 6.09. The van der Waals surface area contributed by atoms with Crippen molar-refractivity contribution in [3.8, 4) is 0 Å². The molecule has 1 unspecified atom stereocenters. The molecular weight excluding hydrogens is 232 g/mol. The van der Waals surface area contributed by atoms with Gasteiger partial charge in [0.15, 0.2) is 0 Å². The molecule has 1 rings (SSSR count). The topological polar surface area (TPSA) is 34.2 Å². The minimum absolute atomic E-state index is 0.389. The molecule has 0 amide bonds. The number of pyridine rings is 1. The number of methoxy groups -OCH3 is 1. The molecule has 0 bridgehead atoms. The largest absolute Gasteiger partial charge is 0.384 e. The van der Waals surface area contributed by atoms with E-state index in [-0.39, 0.29) is 0 Å². The Kier molecular flexibility index (Phi) is 7.24. The van der Waals surface area contributed by atoms with Gasteiger partial charge in [-0.2, -0.15) is 0 Å². The van der Waals surface area contributed by atoms with E-state index in [1.165, 1.54) is 5.56 Å². The van der Waals surface area contributed by atoms with Gasteiger partial charge in [0.25, 0.3) is 0 Å². The molecule has 1 N–H and O–H groups in total. The summed E-state index contributed by atoms with van der Waals surface area (Å²) in [6.07, 6.45) is 3.04. The monoisotopic (exact) mass is 254 g/mol. The van der Waals surface area contributed by atoms with Crippen LogP contribution in [0, 0.1) is 0 Å². The summed E-state index contributed by atoms with van der Waals surface area (Å²) in [6.45, 7) is 6.18. The molecule has 0 radical (unpaired) electrons. The standard InChI is InChI=1S/C13H22N2OS/c1-4-6-14-11(2)12-5-7-15-13(10-12)17-9-8-16-3/h5,7,10-11,14H,4,6,8-9H2,1-3H3. The van der Waals surface area contributed by atoms with E-state index in [9.17, 15) is 0 Å². The van der Waals surface area contributed by atoms with Crippen LogP contribution in [-0.2, 0) is 4.74 Å². The van der Waals surface area contributed by atoms with Gasteiger partial charge in [-0.3, -0.25) is 0 Å². The zero-order valence-electron chi connectivity index (χ0n) is 10.9. The summed E-state index contributed by atoms with van der Waals surface area (Å²) in [4.78, 5) is 4.35. The summed E-state index contributed by atoms with van der Waals surface area (Å²) < 4.78 is 5.03. The van der Waals surface area contributed by atoms with Crippen molar-refractivity contribution in [1.29, 1.82) is 0 Å². The highest BCUT2D eigenvalue weighted by molar-refractivity contribution is 7.99. The smallest absolute Gasteiger partial charge is 0.0963 e. The number of rotatable bonds is 8. The molecule has 0 spiro atoms. The van der Waals surface area contributed by atoms with Crippen molar-refractivity contribution in [2.75, 3.05) is 26.0 Å². The third kappa shape index (κ3) is 5.52. The van der Waals surface area contributed by atoms with Crippen molar-refractivity contribution in [3.05, 3.63) is 23.9 Å². The SMILES string of the molecule is CCCNC(C)c1ccnc(SCCOC)c1. The second kappa shape index (κ2) is 8.50. The Morgan fingerprint density at radius 2 is 2.35 bits per heavy atom. The molecule has 96 valence electrons. The molecule has 17 heavy (non-hydrogen) atoms. The van der Waals surface area contributed by atoms with Gasteiger partial charge in [-0.05, 0) is 37.6 Å². The third-order valence-corrected chi connectivity index (χ3v) is 3.39. The van der Waals surface area contributed by atoms with Crippen LogP contribution in [0.1, 0.15) is 31.9 Å². The number of aromatic nitrogens is 1. The normalized spacial score (nSPS) is 12.6. The van der Waals surface area contributed by atoms with Crippen LogP contribution < -0.4 is 5.32 Å². The highest BCUT2D eigenvalue weighted by Crippen LogP contribution is 2.19. The predicted molar refractivity (Wildman–Crippen MR) is 73.5 cm³/mol. The van der Waals surface area contributed by atoms with E-state index >= 15 is 0 Å². The molecule has 0 saturated heterocycles. The van der Waals surface area contributed by atoms with Gasteiger partial charge in [-0.15, -0.1) is 11.8 Å². The van der Waals surface area contributed by atoms with E-state index < -0.39 is 0 Å². The van der Waals surface area contributed by atoms with Crippen LogP contribution in [0.2, 0.25) is 0 Å². The summed E-state index contributed by atoms with van der Waals surface area (Å²) in [6, 6.07) is 4.63. The number of nitrogens with zero attached hydrogens (tertiary/aromatic N) is 1. The van der Waals surface area contributed by atoms with Gasteiger partial charge in [0, 0.05) is 25.1 Å². The lowest BCUT2D eigenvalue weighted by Gasteiger charge is -2.14. The molecule has 0 aliphatic rings. The predicted octanol–water partition coefficient (Wildman–Crippen LogP) is 2.88. The van der Waals surface area contributed by atoms with E-state index in [1.807, 2.05) is 6.20 Å². The molecule has 0 saturated carbocycles. The van der Waals surface area contributed by atoms with Crippen LogP contribution in [0.5, 0.6) is 0 Å². The maximum absolute atomic E-state index is 5.03. The zero-order chi connectivity index (χ0) is 12.5. The first kappa shape index (κ1) is 14.5. The molecule has 0 aromatic carbocycles. The van der Waals surface area contributed by atoms with Crippen LogP contribution in [0.15, 0.2) is 23.4 Å². The number of nitrogens with one attached hydrogen (secondary N) is 1.